The molecule has 1 amide bonds. The largest absolute Gasteiger partial charge is 0.467 e. The molecule has 2 N–H and O–H groups in total. The number of aromatic nitrogens is 4. The maximum Gasteiger partial charge on any atom is 0.281 e. The average molecular weight is 344 g/mol. The zero-order valence-electron chi connectivity index (χ0n) is 12.1. The molecule has 0 bridgehead atoms. The topological polar surface area (TPSA) is 105 Å². The van der Waals surface area contributed by atoms with Crippen molar-refractivity contribution in [2.24, 2.45) is 0 Å². The van der Waals surface area contributed by atoms with E-state index in [-0.39, 0.29) is 17.9 Å². The molecule has 9 heteroatoms. The van der Waals surface area contributed by atoms with Crippen molar-refractivity contribution >= 4 is 34.1 Å². The molecular formula is C15H10ClN5O3. The summed E-state index contributed by atoms with van der Waals surface area (Å²) in [4.78, 5) is 28.4. The highest BCUT2D eigenvalue weighted by molar-refractivity contribution is 6.31. The first kappa shape index (κ1) is 14.5. The molecule has 0 aliphatic carbocycles. The van der Waals surface area contributed by atoms with Crippen molar-refractivity contribution < 1.29 is 9.21 Å². The van der Waals surface area contributed by atoms with E-state index in [0.29, 0.717) is 21.7 Å². The van der Waals surface area contributed by atoms with Gasteiger partial charge in [0, 0.05) is 5.02 Å². The van der Waals surface area contributed by atoms with Crippen LogP contribution in [0.15, 0.2) is 45.8 Å². The van der Waals surface area contributed by atoms with Gasteiger partial charge >= 0.3 is 0 Å². The number of halogens is 1. The Morgan fingerprint density at radius 1 is 1.38 bits per heavy atom. The molecule has 0 fully saturated rings. The number of benzene rings is 1. The SMILES string of the molecule is O=C(NCc1ccco1)c1n[nH]n2c1nc(=O)c1cc(Cl)ccc12. The van der Waals surface area contributed by atoms with E-state index in [0.717, 1.165) is 0 Å². The fourth-order valence-electron chi connectivity index (χ4n) is 2.42. The molecule has 3 aromatic heterocycles. The number of hydrogen-bond acceptors (Lipinski definition) is 5. The third kappa shape index (κ3) is 2.33. The Balaban J connectivity index is 1.77. The van der Waals surface area contributed by atoms with Crippen molar-refractivity contribution in [3.63, 3.8) is 0 Å². The molecule has 0 saturated heterocycles. The number of furan rings is 1. The first-order chi connectivity index (χ1) is 11.6. The van der Waals surface area contributed by atoms with Crippen molar-refractivity contribution in [1.82, 2.24) is 25.1 Å². The van der Waals surface area contributed by atoms with Crippen molar-refractivity contribution in [3.8, 4) is 0 Å². The van der Waals surface area contributed by atoms with Crippen LogP contribution in [-0.2, 0) is 6.54 Å². The van der Waals surface area contributed by atoms with Crippen molar-refractivity contribution in [2.45, 2.75) is 6.54 Å². The van der Waals surface area contributed by atoms with Crippen LogP contribution < -0.4 is 10.9 Å². The maximum absolute atomic E-state index is 12.3. The molecule has 3 heterocycles. The average Bonchev–Trinajstić information content (AvgIpc) is 3.22. The summed E-state index contributed by atoms with van der Waals surface area (Å²) in [7, 11) is 0. The Labute approximate surface area is 139 Å². The number of H-pyrrole nitrogens is 1. The first-order valence-corrected chi connectivity index (χ1v) is 7.38. The van der Waals surface area contributed by atoms with Crippen LogP contribution in [0, 0.1) is 0 Å². The van der Waals surface area contributed by atoms with Gasteiger partial charge in [-0.1, -0.05) is 11.6 Å². The van der Waals surface area contributed by atoms with Gasteiger partial charge in [-0.2, -0.15) is 4.98 Å². The maximum atomic E-state index is 12.3. The van der Waals surface area contributed by atoms with Crippen LogP contribution >= 0.6 is 11.6 Å². The lowest BCUT2D eigenvalue weighted by molar-refractivity contribution is 0.0944. The third-order valence-corrected chi connectivity index (χ3v) is 3.78. The van der Waals surface area contributed by atoms with E-state index in [1.165, 1.54) is 16.8 Å². The van der Waals surface area contributed by atoms with Crippen molar-refractivity contribution in [3.05, 3.63) is 63.4 Å². The predicted molar refractivity (Wildman–Crippen MR) is 86.0 cm³/mol. The monoisotopic (exact) mass is 343 g/mol. The van der Waals surface area contributed by atoms with E-state index in [4.69, 9.17) is 16.0 Å². The molecule has 120 valence electrons. The van der Waals surface area contributed by atoms with Gasteiger partial charge in [0.1, 0.15) is 5.76 Å². The Hall–Kier alpha value is -3.13. The van der Waals surface area contributed by atoms with Crippen LogP contribution in [0.3, 0.4) is 0 Å². The molecule has 0 radical (unpaired) electrons. The summed E-state index contributed by atoms with van der Waals surface area (Å²) in [5.74, 6) is 0.138. The molecule has 24 heavy (non-hydrogen) atoms. The number of amides is 1. The Morgan fingerprint density at radius 3 is 3.04 bits per heavy atom. The number of carbonyl (C=O) groups is 1. The smallest absolute Gasteiger partial charge is 0.281 e. The molecule has 0 aliphatic heterocycles. The van der Waals surface area contributed by atoms with E-state index >= 15 is 0 Å². The first-order valence-electron chi connectivity index (χ1n) is 7.00. The summed E-state index contributed by atoms with van der Waals surface area (Å²) in [6.45, 7) is 0.207. The van der Waals surface area contributed by atoms with Gasteiger partial charge in [-0.25, -0.2) is 9.73 Å². The molecule has 4 aromatic rings. The number of fused-ring (bicyclic) bond motifs is 3. The lowest BCUT2D eigenvalue weighted by Crippen LogP contribution is -2.24. The number of carbonyl (C=O) groups excluding carboxylic acids is 1. The van der Waals surface area contributed by atoms with Gasteiger partial charge < -0.3 is 9.73 Å². The number of aromatic amines is 1. The van der Waals surface area contributed by atoms with E-state index in [1.807, 2.05) is 0 Å². The second kappa shape index (κ2) is 5.50. The van der Waals surface area contributed by atoms with E-state index in [9.17, 15) is 9.59 Å². The number of nitrogens with one attached hydrogen (secondary N) is 2. The normalized spacial score (nSPS) is 11.2. The summed E-state index contributed by atoms with van der Waals surface area (Å²) in [5.41, 5.74) is 0.225. The Kier molecular flexibility index (Phi) is 3.31. The summed E-state index contributed by atoms with van der Waals surface area (Å²) in [5, 5.41) is 10.1. The van der Waals surface area contributed by atoms with Crippen LogP contribution in [0.25, 0.3) is 16.6 Å². The van der Waals surface area contributed by atoms with Gasteiger partial charge in [0.05, 0.1) is 23.7 Å². The molecule has 8 nitrogen and oxygen atoms in total. The zero-order chi connectivity index (χ0) is 16.7. The number of rotatable bonds is 3. The Bertz CT molecular complexity index is 1110. The molecule has 1 aromatic carbocycles. The minimum atomic E-state index is -0.478. The van der Waals surface area contributed by atoms with Gasteiger partial charge in [-0.05, 0) is 30.3 Å². The van der Waals surface area contributed by atoms with Crippen LogP contribution in [0.4, 0.5) is 0 Å². The molecule has 0 aliphatic rings. The molecule has 0 unspecified atom stereocenters. The second-order valence-electron chi connectivity index (χ2n) is 5.06. The summed E-state index contributed by atoms with van der Waals surface area (Å²) >= 11 is 5.91. The highest BCUT2D eigenvalue weighted by Crippen LogP contribution is 2.17. The lowest BCUT2D eigenvalue weighted by atomic mass is 10.2. The van der Waals surface area contributed by atoms with E-state index in [1.54, 1.807) is 24.3 Å². The highest BCUT2D eigenvalue weighted by Gasteiger charge is 2.18. The molecule has 0 spiro atoms. The summed E-state index contributed by atoms with van der Waals surface area (Å²) in [6, 6.07) is 8.30. The van der Waals surface area contributed by atoms with Gasteiger partial charge in [-0.15, -0.1) is 5.10 Å². The third-order valence-electron chi connectivity index (χ3n) is 3.54. The number of nitrogens with zero attached hydrogens (tertiary/aromatic N) is 3. The van der Waals surface area contributed by atoms with Crippen LogP contribution in [0.1, 0.15) is 16.2 Å². The zero-order valence-corrected chi connectivity index (χ0v) is 12.9. The van der Waals surface area contributed by atoms with Crippen LogP contribution in [0.5, 0.6) is 0 Å². The van der Waals surface area contributed by atoms with E-state index < -0.39 is 11.5 Å². The molecule has 0 atom stereocenters. The van der Waals surface area contributed by atoms with Gasteiger partial charge in [0.2, 0.25) is 0 Å². The fraction of sp³-hybridized carbons (Fsp3) is 0.0667. The quantitative estimate of drug-likeness (QED) is 0.589. The van der Waals surface area contributed by atoms with Gasteiger partial charge in [0.15, 0.2) is 11.3 Å². The lowest BCUT2D eigenvalue weighted by Gasteiger charge is -2.02. The highest BCUT2D eigenvalue weighted by atomic mass is 35.5. The van der Waals surface area contributed by atoms with Crippen molar-refractivity contribution in [1.29, 1.82) is 0 Å². The van der Waals surface area contributed by atoms with Crippen LogP contribution in [-0.4, -0.2) is 25.7 Å². The van der Waals surface area contributed by atoms with Gasteiger partial charge in [-0.3, -0.25) is 9.59 Å². The van der Waals surface area contributed by atoms with E-state index in [2.05, 4.69) is 20.6 Å². The molecule has 0 saturated carbocycles. The van der Waals surface area contributed by atoms with Crippen LogP contribution in [0.2, 0.25) is 5.02 Å². The molecule has 4 rings (SSSR count). The fourth-order valence-corrected chi connectivity index (χ4v) is 2.59. The van der Waals surface area contributed by atoms with Crippen molar-refractivity contribution in [2.75, 3.05) is 0 Å². The minimum Gasteiger partial charge on any atom is -0.467 e. The molecular weight excluding hydrogens is 334 g/mol. The second-order valence-corrected chi connectivity index (χ2v) is 5.50. The predicted octanol–water partition coefficient (Wildman–Crippen LogP) is 1.75. The standard InChI is InChI=1S/C15H10ClN5O3/c16-8-3-4-11-10(6-8)14(22)18-13-12(19-20-21(11)13)15(23)17-7-9-2-1-5-24-9/h1-6,20H,7H2,(H,17,23). The number of hydrogen-bond donors (Lipinski definition) is 2. The Morgan fingerprint density at radius 2 is 2.25 bits per heavy atom. The van der Waals surface area contributed by atoms with Gasteiger partial charge in [0.25, 0.3) is 11.5 Å². The minimum absolute atomic E-state index is 0.0236. The summed E-state index contributed by atoms with van der Waals surface area (Å²) < 4.78 is 6.62. The summed E-state index contributed by atoms with van der Waals surface area (Å²) in [6.07, 6.45) is 1.52.